The lowest BCUT2D eigenvalue weighted by molar-refractivity contribution is -0.120. The summed E-state index contributed by atoms with van der Waals surface area (Å²) in [5.41, 5.74) is 1.00. The van der Waals surface area contributed by atoms with E-state index in [-0.39, 0.29) is 0 Å². The number of benzene rings is 1. The Bertz CT molecular complexity index is 473. The van der Waals surface area contributed by atoms with E-state index in [2.05, 4.69) is 15.9 Å². The molecule has 2 saturated carbocycles. The van der Waals surface area contributed by atoms with Gasteiger partial charge < -0.3 is 4.74 Å². The van der Waals surface area contributed by atoms with E-state index in [1.165, 1.54) is 19.3 Å². The quantitative estimate of drug-likeness (QED) is 0.849. The van der Waals surface area contributed by atoms with Gasteiger partial charge in [-0.3, -0.25) is 4.79 Å². The molecule has 96 valence electrons. The summed E-state index contributed by atoms with van der Waals surface area (Å²) in [6, 6.07) is 5.86. The first-order valence-corrected chi connectivity index (χ1v) is 7.35. The highest BCUT2D eigenvalue weighted by Crippen LogP contribution is 2.58. The standard InChI is InChI=1S/C15H17BrO2/c1-18-14-6-5-10(16)7-9(14)8-13(17)15-11-3-2-4-12(11)15/h5-7,11-12,15H,2-4,8H2,1H3. The number of ether oxygens (including phenoxy) is 1. The topological polar surface area (TPSA) is 26.3 Å². The molecule has 2 aliphatic rings. The normalized spacial score (nSPS) is 28.9. The first-order valence-electron chi connectivity index (χ1n) is 6.56. The summed E-state index contributed by atoms with van der Waals surface area (Å²) in [5, 5.41) is 0. The van der Waals surface area contributed by atoms with Gasteiger partial charge in [-0.05, 0) is 42.9 Å². The van der Waals surface area contributed by atoms with Crippen molar-refractivity contribution in [2.24, 2.45) is 17.8 Å². The Morgan fingerprint density at radius 3 is 2.78 bits per heavy atom. The molecule has 2 atom stereocenters. The summed E-state index contributed by atoms with van der Waals surface area (Å²) in [5.74, 6) is 2.98. The Hall–Kier alpha value is -0.830. The second kappa shape index (κ2) is 4.69. The van der Waals surface area contributed by atoms with Crippen LogP contribution >= 0.6 is 15.9 Å². The average molecular weight is 309 g/mol. The Morgan fingerprint density at radius 1 is 1.39 bits per heavy atom. The van der Waals surface area contributed by atoms with Gasteiger partial charge in [0.1, 0.15) is 11.5 Å². The Morgan fingerprint density at radius 2 is 2.11 bits per heavy atom. The van der Waals surface area contributed by atoms with Crippen molar-refractivity contribution in [1.82, 2.24) is 0 Å². The van der Waals surface area contributed by atoms with Crippen molar-refractivity contribution >= 4 is 21.7 Å². The van der Waals surface area contributed by atoms with Crippen molar-refractivity contribution in [1.29, 1.82) is 0 Å². The zero-order valence-electron chi connectivity index (χ0n) is 10.5. The summed E-state index contributed by atoms with van der Waals surface area (Å²) in [4.78, 5) is 12.3. The van der Waals surface area contributed by atoms with Crippen LogP contribution < -0.4 is 4.74 Å². The second-order valence-electron chi connectivity index (χ2n) is 5.38. The molecule has 2 unspecified atom stereocenters. The van der Waals surface area contributed by atoms with Crippen LogP contribution in [0.3, 0.4) is 0 Å². The zero-order chi connectivity index (χ0) is 12.7. The third-order valence-electron chi connectivity index (χ3n) is 4.39. The minimum atomic E-state index is 0.349. The minimum Gasteiger partial charge on any atom is -0.496 e. The molecular formula is C15H17BrO2. The molecule has 1 aromatic rings. The van der Waals surface area contributed by atoms with E-state index in [4.69, 9.17) is 4.74 Å². The van der Waals surface area contributed by atoms with Gasteiger partial charge in [0.15, 0.2) is 0 Å². The van der Waals surface area contributed by atoms with Gasteiger partial charge in [-0.15, -0.1) is 0 Å². The van der Waals surface area contributed by atoms with Gasteiger partial charge in [0.25, 0.3) is 0 Å². The van der Waals surface area contributed by atoms with Gasteiger partial charge in [-0.25, -0.2) is 0 Å². The number of fused-ring (bicyclic) bond motifs is 1. The molecule has 0 saturated heterocycles. The molecule has 0 amide bonds. The number of methoxy groups -OCH3 is 1. The van der Waals surface area contributed by atoms with Gasteiger partial charge in [-0.2, -0.15) is 0 Å². The van der Waals surface area contributed by atoms with Crippen LogP contribution in [0, 0.1) is 17.8 Å². The predicted octanol–water partition coefficient (Wildman–Crippen LogP) is 3.62. The SMILES string of the molecule is COc1ccc(Br)cc1CC(=O)C1C2CCCC21. The van der Waals surface area contributed by atoms with Gasteiger partial charge in [-0.1, -0.05) is 22.4 Å². The molecule has 0 N–H and O–H groups in total. The predicted molar refractivity (Wildman–Crippen MR) is 73.7 cm³/mol. The van der Waals surface area contributed by atoms with Crippen molar-refractivity contribution in [2.45, 2.75) is 25.7 Å². The molecular weight excluding hydrogens is 292 g/mol. The lowest BCUT2D eigenvalue weighted by atomic mass is 10.0. The fourth-order valence-electron chi connectivity index (χ4n) is 3.49. The number of carbonyl (C=O) groups excluding carboxylic acids is 1. The fraction of sp³-hybridized carbons (Fsp3) is 0.533. The largest absolute Gasteiger partial charge is 0.496 e. The molecule has 0 bridgehead atoms. The molecule has 2 nitrogen and oxygen atoms in total. The van der Waals surface area contributed by atoms with Crippen LogP contribution in [0.4, 0.5) is 0 Å². The van der Waals surface area contributed by atoms with Crippen LogP contribution in [0.25, 0.3) is 0 Å². The summed E-state index contributed by atoms with van der Waals surface area (Å²) >= 11 is 3.45. The van der Waals surface area contributed by atoms with Crippen molar-refractivity contribution in [3.05, 3.63) is 28.2 Å². The number of halogens is 1. The van der Waals surface area contributed by atoms with Crippen LogP contribution in [0.1, 0.15) is 24.8 Å². The van der Waals surface area contributed by atoms with E-state index in [9.17, 15) is 4.79 Å². The summed E-state index contributed by atoms with van der Waals surface area (Å²) in [6.07, 6.45) is 4.35. The fourth-order valence-corrected chi connectivity index (χ4v) is 3.90. The monoisotopic (exact) mass is 308 g/mol. The van der Waals surface area contributed by atoms with Crippen molar-refractivity contribution in [3.8, 4) is 5.75 Å². The Kier molecular flexibility index (Phi) is 3.18. The number of rotatable bonds is 4. The number of carbonyl (C=O) groups is 1. The molecule has 0 aromatic heterocycles. The van der Waals surface area contributed by atoms with E-state index in [1.807, 2.05) is 18.2 Å². The molecule has 3 heteroatoms. The Labute approximate surface area is 116 Å². The number of Topliss-reactive ketones (excluding diaryl/α,β-unsaturated/α-hetero) is 1. The molecule has 3 rings (SSSR count). The Balaban J connectivity index is 1.72. The molecule has 0 aliphatic heterocycles. The molecule has 0 heterocycles. The molecule has 2 fully saturated rings. The zero-order valence-corrected chi connectivity index (χ0v) is 12.1. The van der Waals surface area contributed by atoms with Gasteiger partial charge in [0.2, 0.25) is 0 Å². The number of hydrogen-bond donors (Lipinski definition) is 0. The summed E-state index contributed by atoms with van der Waals surface area (Å²) in [6.45, 7) is 0. The summed E-state index contributed by atoms with van der Waals surface area (Å²) in [7, 11) is 1.66. The third-order valence-corrected chi connectivity index (χ3v) is 4.88. The van der Waals surface area contributed by atoms with Gasteiger partial charge >= 0.3 is 0 Å². The third kappa shape index (κ3) is 2.09. The van der Waals surface area contributed by atoms with E-state index >= 15 is 0 Å². The van der Waals surface area contributed by atoms with Crippen LogP contribution in [0.5, 0.6) is 5.75 Å². The van der Waals surface area contributed by atoms with E-state index in [1.54, 1.807) is 7.11 Å². The van der Waals surface area contributed by atoms with Crippen molar-refractivity contribution in [2.75, 3.05) is 7.11 Å². The second-order valence-corrected chi connectivity index (χ2v) is 6.30. The molecule has 18 heavy (non-hydrogen) atoms. The van der Waals surface area contributed by atoms with E-state index < -0.39 is 0 Å². The van der Waals surface area contributed by atoms with Crippen LogP contribution in [0.15, 0.2) is 22.7 Å². The lowest BCUT2D eigenvalue weighted by Gasteiger charge is -2.09. The first-order chi connectivity index (χ1) is 8.70. The van der Waals surface area contributed by atoms with Crippen LogP contribution in [-0.2, 0) is 11.2 Å². The van der Waals surface area contributed by atoms with Crippen molar-refractivity contribution < 1.29 is 9.53 Å². The highest BCUT2D eigenvalue weighted by Gasteiger charge is 2.55. The van der Waals surface area contributed by atoms with E-state index in [0.717, 1.165) is 15.8 Å². The van der Waals surface area contributed by atoms with Crippen molar-refractivity contribution in [3.63, 3.8) is 0 Å². The number of hydrogen-bond acceptors (Lipinski definition) is 2. The molecule has 0 radical (unpaired) electrons. The lowest BCUT2D eigenvalue weighted by Crippen LogP contribution is -2.10. The maximum absolute atomic E-state index is 12.3. The average Bonchev–Trinajstić information content (AvgIpc) is 2.84. The number of ketones is 1. The van der Waals surface area contributed by atoms with Crippen LogP contribution in [0.2, 0.25) is 0 Å². The molecule has 1 aromatic carbocycles. The molecule has 0 spiro atoms. The maximum Gasteiger partial charge on any atom is 0.141 e. The van der Waals surface area contributed by atoms with Gasteiger partial charge in [0, 0.05) is 22.4 Å². The van der Waals surface area contributed by atoms with Gasteiger partial charge in [0.05, 0.1) is 7.11 Å². The highest BCUT2D eigenvalue weighted by molar-refractivity contribution is 9.10. The minimum absolute atomic E-state index is 0.349. The maximum atomic E-state index is 12.3. The van der Waals surface area contributed by atoms with E-state index in [0.29, 0.717) is 30.0 Å². The smallest absolute Gasteiger partial charge is 0.141 e. The summed E-state index contributed by atoms with van der Waals surface area (Å²) < 4.78 is 6.32. The molecule has 2 aliphatic carbocycles. The highest BCUT2D eigenvalue weighted by atomic mass is 79.9. The van der Waals surface area contributed by atoms with Crippen LogP contribution in [-0.4, -0.2) is 12.9 Å². The first kappa shape index (κ1) is 12.2.